The van der Waals surface area contributed by atoms with Gasteiger partial charge in [0.1, 0.15) is 5.54 Å². The molecule has 6 nitrogen and oxygen atoms in total. The van der Waals surface area contributed by atoms with Crippen molar-refractivity contribution in [3.63, 3.8) is 0 Å². The summed E-state index contributed by atoms with van der Waals surface area (Å²) in [5, 5.41) is 4.49. The van der Waals surface area contributed by atoms with E-state index in [1.54, 1.807) is 12.3 Å². The number of aromatic nitrogens is 1. The number of fused-ring (bicyclic) bond motifs is 1. The average Bonchev–Trinajstić information content (AvgIpc) is 3.30. The second-order valence-corrected chi connectivity index (χ2v) is 8.08. The second-order valence-electron chi connectivity index (χ2n) is 7.64. The molecule has 0 aliphatic carbocycles. The van der Waals surface area contributed by atoms with E-state index in [0.29, 0.717) is 43.2 Å². The van der Waals surface area contributed by atoms with Gasteiger partial charge in [0.25, 0.3) is 5.91 Å². The predicted octanol–water partition coefficient (Wildman–Crippen LogP) is 3.39. The third-order valence-corrected chi connectivity index (χ3v) is 6.39. The summed E-state index contributed by atoms with van der Waals surface area (Å²) in [5.41, 5.74) is 1.92. The van der Waals surface area contributed by atoms with Crippen LogP contribution < -0.4 is 10.2 Å². The number of nitrogens with zero attached hydrogens (tertiary/aromatic N) is 2. The topological polar surface area (TPSA) is 68.4 Å². The van der Waals surface area contributed by atoms with Crippen LogP contribution in [0, 0.1) is 0 Å². The van der Waals surface area contributed by atoms with E-state index < -0.39 is 5.54 Å². The zero-order valence-electron chi connectivity index (χ0n) is 15.8. The van der Waals surface area contributed by atoms with Gasteiger partial charge in [0.15, 0.2) is 0 Å². The number of likely N-dealkylation sites (tertiary alicyclic amines) is 1. The fourth-order valence-corrected chi connectivity index (χ4v) is 4.73. The van der Waals surface area contributed by atoms with E-state index in [-0.39, 0.29) is 11.8 Å². The number of carbonyl (C=O) groups is 2. The number of carbonyl (C=O) groups excluding carboxylic acids is 2. The molecule has 0 atom stereocenters. The maximum absolute atomic E-state index is 13.2. The minimum Gasteiger partial charge on any atom is -0.360 e. The largest absolute Gasteiger partial charge is 0.360 e. The van der Waals surface area contributed by atoms with Gasteiger partial charge in [-0.25, -0.2) is 0 Å². The molecule has 0 bridgehead atoms. The number of H-pyrrole nitrogens is 1. The monoisotopic (exact) mass is 408 g/mol. The third kappa shape index (κ3) is 2.86. The van der Waals surface area contributed by atoms with E-state index in [1.807, 2.05) is 47.4 Å². The number of hydrogen-bond acceptors (Lipinski definition) is 3. The average molecular weight is 409 g/mol. The first-order chi connectivity index (χ1) is 14.1. The van der Waals surface area contributed by atoms with Gasteiger partial charge in [-0.2, -0.15) is 0 Å². The quantitative estimate of drug-likeness (QED) is 0.683. The Morgan fingerprint density at radius 2 is 1.83 bits per heavy atom. The highest BCUT2D eigenvalue weighted by Gasteiger charge is 2.50. The summed E-state index contributed by atoms with van der Waals surface area (Å²) in [6.45, 7) is 1.58. The number of amides is 2. The molecular weight excluding hydrogens is 388 g/mol. The van der Waals surface area contributed by atoms with Crippen LogP contribution in [0.2, 0.25) is 5.02 Å². The number of hydrogen-bond donors (Lipinski definition) is 2. The summed E-state index contributed by atoms with van der Waals surface area (Å²) in [6.07, 6.45) is 2.95. The number of halogens is 1. The predicted molar refractivity (Wildman–Crippen MR) is 113 cm³/mol. The number of anilines is 1. The van der Waals surface area contributed by atoms with E-state index in [0.717, 1.165) is 16.6 Å². The van der Waals surface area contributed by atoms with Gasteiger partial charge < -0.3 is 20.1 Å². The molecule has 2 aliphatic heterocycles. The second kappa shape index (κ2) is 6.81. The van der Waals surface area contributed by atoms with Crippen LogP contribution in [0.25, 0.3) is 10.9 Å². The van der Waals surface area contributed by atoms with Crippen molar-refractivity contribution in [2.45, 2.75) is 18.4 Å². The lowest BCUT2D eigenvalue weighted by Crippen LogP contribution is -2.57. The third-order valence-electron chi connectivity index (χ3n) is 6.16. The number of benzene rings is 2. The van der Waals surface area contributed by atoms with Crippen molar-refractivity contribution in [1.82, 2.24) is 15.2 Å². The van der Waals surface area contributed by atoms with Gasteiger partial charge in [-0.1, -0.05) is 35.9 Å². The molecule has 2 fully saturated rings. The molecule has 1 aromatic heterocycles. The number of rotatable bonds is 2. The Bertz CT molecular complexity index is 1090. The maximum atomic E-state index is 13.2. The lowest BCUT2D eigenvalue weighted by molar-refractivity contribution is -0.124. The maximum Gasteiger partial charge on any atom is 0.256 e. The van der Waals surface area contributed by atoms with Crippen molar-refractivity contribution in [2.75, 3.05) is 24.7 Å². The van der Waals surface area contributed by atoms with E-state index >= 15 is 0 Å². The molecule has 2 saturated heterocycles. The van der Waals surface area contributed by atoms with Gasteiger partial charge in [-0.15, -0.1) is 0 Å². The molecular formula is C22H21ClN4O2. The molecule has 0 radical (unpaired) electrons. The first-order valence-electron chi connectivity index (χ1n) is 9.75. The van der Waals surface area contributed by atoms with E-state index in [9.17, 15) is 9.59 Å². The zero-order chi connectivity index (χ0) is 20.0. The summed E-state index contributed by atoms with van der Waals surface area (Å²) in [7, 11) is 0. The molecule has 7 heteroatoms. The van der Waals surface area contributed by atoms with E-state index in [2.05, 4.69) is 15.2 Å². The van der Waals surface area contributed by atoms with Crippen LogP contribution in [0.3, 0.4) is 0 Å². The van der Waals surface area contributed by atoms with Crippen LogP contribution in [0.1, 0.15) is 23.2 Å². The van der Waals surface area contributed by atoms with Crippen molar-refractivity contribution < 1.29 is 9.59 Å². The Kier molecular flexibility index (Phi) is 4.24. The first kappa shape index (κ1) is 18.1. The molecule has 29 heavy (non-hydrogen) atoms. The van der Waals surface area contributed by atoms with Crippen LogP contribution >= 0.6 is 11.6 Å². The van der Waals surface area contributed by atoms with E-state index in [4.69, 9.17) is 11.6 Å². The number of para-hydroxylation sites is 1. The molecule has 2 aliphatic rings. The van der Waals surface area contributed by atoms with Gasteiger partial charge in [0.05, 0.1) is 12.2 Å². The van der Waals surface area contributed by atoms with Crippen molar-refractivity contribution in [1.29, 1.82) is 0 Å². The Hall–Kier alpha value is -2.99. The molecule has 3 heterocycles. The van der Waals surface area contributed by atoms with Gasteiger partial charge in [-0.05, 0) is 37.1 Å². The summed E-state index contributed by atoms with van der Waals surface area (Å²) in [4.78, 5) is 33.0. The Balaban J connectivity index is 1.38. The molecule has 3 aromatic rings. The molecule has 148 valence electrons. The van der Waals surface area contributed by atoms with Gasteiger partial charge in [-0.3, -0.25) is 9.59 Å². The number of piperidine rings is 1. The fraction of sp³-hybridized carbons (Fsp3) is 0.273. The molecule has 0 saturated carbocycles. The lowest BCUT2D eigenvalue weighted by atomic mass is 9.85. The first-order valence-corrected chi connectivity index (χ1v) is 10.1. The van der Waals surface area contributed by atoms with Gasteiger partial charge in [0, 0.05) is 40.9 Å². The summed E-state index contributed by atoms with van der Waals surface area (Å²) in [6, 6.07) is 15.5. The fourth-order valence-electron chi connectivity index (χ4n) is 4.56. The standard InChI is InChI=1S/C22H21ClN4O2/c23-15-6-7-17-18(13-24-19(17)12-15)20(28)26-10-8-22(9-11-26)21(29)25-14-27(22)16-4-2-1-3-5-16/h1-7,12-13,24H,8-11,14H2,(H,25,29). The zero-order valence-corrected chi connectivity index (χ0v) is 16.6. The van der Waals surface area contributed by atoms with Gasteiger partial charge in [0.2, 0.25) is 5.91 Å². The summed E-state index contributed by atoms with van der Waals surface area (Å²) < 4.78 is 0. The van der Waals surface area contributed by atoms with Gasteiger partial charge >= 0.3 is 0 Å². The minimum absolute atomic E-state index is 0.0157. The van der Waals surface area contributed by atoms with Crippen molar-refractivity contribution in [3.8, 4) is 0 Å². The van der Waals surface area contributed by atoms with Crippen molar-refractivity contribution in [3.05, 3.63) is 65.3 Å². The summed E-state index contributed by atoms with van der Waals surface area (Å²) in [5.74, 6) is 0.0354. The smallest absolute Gasteiger partial charge is 0.256 e. The SMILES string of the molecule is O=C(c1c[nH]c2cc(Cl)ccc12)N1CCC2(CC1)C(=O)NCN2c1ccccc1. The van der Waals surface area contributed by atoms with Crippen molar-refractivity contribution >= 4 is 40.0 Å². The molecule has 2 amide bonds. The van der Waals surface area contributed by atoms with Crippen LogP contribution in [0.5, 0.6) is 0 Å². The highest BCUT2D eigenvalue weighted by Crippen LogP contribution is 2.36. The Morgan fingerprint density at radius 3 is 2.59 bits per heavy atom. The normalized spacial score (nSPS) is 18.4. The highest BCUT2D eigenvalue weighted by molar-refractivity contribution is 6.31. The van der Waals surface area contributed by atoms with Crippen molar-refractivity contribution in [2.24, 2.45) is 0 Å². The minimum atomic E-state index is -0.591. The van der Waals surface area contributed by atoms with E-state index in [1.165, 1.54) is 0 Å². The highest BCUT2D eigenvalue weighted by atomic mass is 35.5. The van der Waals surface area contributed by atoms with Crippen LogP contribution in [0.15, 0.2) is 54.7 Å². The molecule has 0 unspecified atom stereocenters. The molecule has 5 rings (SSSR count). The van der Waals surface area contributed by atoms with Crippen LogP contribution in [-0.2, 0) is 4.79 Å². The number of aromatic amines is 1. The lowest BCUT2D eigenvalue weighted by Gasteiger charge is -2.43. The Labute approximate surface area is 173 Å². The summed E-state index contributed by atoms with van der Waals surface area (Å²) >= 11 is 6.05. The van der Waals surface area contributed by atoms with Crippen LogP contribution in [0.4, 0.5) is 5.69 Å². The molecule has 2 aromatic carbocycles. The Morgan fingerprint density at radius 1 is 1.07 bits per heavy atom. The molecule has 2 N–H and O–H groups in total. The molecule has 1 spiro atoms. The number of nitrogens with one attached hydrogen (secondary N) is 2. The van der Waals surface area contributed by atoms with Crippen LogP contribution in [-0.4, -0.2) is 47.0 Å².